The van der Waals surface area contributed by atoms with Crippen LogP contribution in [0.15, 0.2) is 18.5 Å². The minimum Gasteiger partial charge on any atom is -0.395 e. The van der Waals surface area contributed by atoms with Gasteiger partial charge in [0.1, 0.15) is 0 Å². The number of aliphatic hydroxyl groups is 1. The molecule has 1 saturated heterocycles. The molecule has 1 aromatic heterocycles. The number of aromatic nitrogens is 2. The molecule has 0 aromatic carbocycles. The van der Waals surface area contributed by atoms with Crippen LogP contribution in [0.25, 0.3) is 0 Å². The zero-order chi connectivity index (χ0) is 11.4. The lowest BCUT2D eigenvalue weighted by Gasteiger charge is -2.21. The highest BCUT2D eigenvalue weighted by Crippen LogP contribution is 2.19. The maximum atomic E-state index is 9.29. The lowest BCUT2D eigenvalue weighted by molar-refractivity contribution is 0.107. The minimum atomic E-state index is 0.207. The molecule has 2 heterocycles. The van der Waals surface area contributed by atoms with Crippen LogP contribution in [-0.4, -0.2) is 58.7 Å². The Kier molecular flexibility index (Phi) is 3.93. The Morgan fingerprint density at radius 1 is 1.50 bits per heavy atom. The first-order valence-corrected chi connectivity index (χ1v) is 5.68. The Morgan fingerprint density at radius 2 is 2.38 bits per heavy atom. The van der Waals surface area contributed by atoms with Crippen LogP contribution in [-0.2, 0) is 11.3 Å². The first-order chi connectivity index (χ1) is 7.83. The van der Waals surface area contributed by atoms with Crippen molar-refractivity contribution in [2.24, 2.45) is 0 Å². The van der Waals surface area contributed by atoms with Crippen LogP contribution in [0.5, 0.6) is 0 Å². The molecule has 16 heavy (non-hydrogen) atoms. The molecule has 1 aliphatic heterocycles. The monoisotopic (exact) mass is 225 g/mol. The fraction of sp³-hybridized carbons (Fsp3) is 0.727. The zero-order valence-corrected chi connectivity index (χ0v) is 9.62. The Bertz CT molecular complexity index is 302. The van der Waals surface area contributed by atoms with Crippen LogP contribution in [0.4, 0.5) is 0 Å². The van der Waals surface area contributed by atoms with E-state index in [4.69, 9.17) is 4.74 Å². The van der Waals surface area contributed by atoms with Crippen LogP contribution in [0, 0.1) is 0 Å². The molecule has 5 heteroatoms. The highest BCUT2D eigenvalue weighted by molar-refractivity contribution is 4.86. The summed E-state index contributed by atoms with van der Waals surface area (Å²) in [5.74, 6) is 0. The smallest absolute Gasteiger partial charge is 0.0714 e. The summed E-state index contributed by atoms with van der Waals surface area (Å²) >= 11 is 0. The third-order valence-corrected chi connectivity index (χ3v) is 3.21. The summed E-state index contributed by atoms with van der Waals surface area (Å²) < 4.78 is 7.25. The molecule has 0 aliphatic carbocycles. The lowest BCUT2D eigenvalue weighted by Crippen LogP contribution is -2.35. The molecule has 0 saturated carbocycles. The number of rotatable bonds is 5. The van der Waals surface area contributed by atoms with E-state index in [0.717, 1.165) is 26.1 Å². The molecule has 2 rings (SSSR count). The number of likely N-dealkylation sites (tertiary alicyclic amines) is 1. The summed E-state index contributed by atoms with van der Waals surface area (Å²) in [7, 11) is 1.73. The number of aliphatic hydroxyl groups excluding tert-OH is 1. The fourth-order valence-electron chi connectivity index (χ4n) is 2.24. The van der Waals surface area contributed by atoms with E-state index < -0.39 is 0 Å². The van der Waals surface area contributed by atoms with Crippen molar-refractivity contribution in [3.63, 3.8) is 0 Å². The second kappa shape index (κ2) is 5.43. The van der Waals surface area contributed by atoms with Gasteiger partial charge in [-0.3, -0.25) is 9.58 Å². The van der Waals surface area contributed by atoms with E-state index in [-0.39, 0.29) is 18.8 Å². The Morgan fingerprint density at radius 3 is 3.00 bits per heavy atom. The SMILES string of the molecule is CO[C@@H]1C[C@@H](CO)N(CCn2cccn2)C1. The Labute approximate surface area is 95.6 Å². The van der Waals surface area contributed by atoms with Crippen LogP contribution in [0.1, 0.15) is 6.42 Å². The second-order valence-corrected chi connectivity index (χ2v) is 4.19. The predicted molar refractivity (Wildman–Crippen MR) is 60.1 cm³/mol. The molecular formula is C11H19N3O2. The van der Waals surface area contributed by atoms with E-state index >= 15 is 0 Å². The number of hydrogen-bond acceptors (Lipinski definition) is 4. The molecule has 2 atom stereocenters. The molecule has 1 N–H and O–H groups in total. The van der Waals surface area contributed by atoms with E-state index in [1.54, 1.807) is 13.3 Å². The molecule has 90 valence electrons. The van der Waals surface area contributed by atoms with Crippen LogP contribution in [0.2, 0.25) is 0 Å². The van der Waals surface area contributed by atoms with Crippen molar-refractivity contribution in [1.29, 1.82) is 0 Å². The van der Waals surface area contributed by atoms with Crippen molar-refractivity contribution in [2.45, 2.75) is 25.1 Å². The molecule has 0 bridgehead atoms. The fourth-order valence-corrected chi connectivity index (χ4v) is 2.24. The van der Waals surface area contributed by atoms with Gasteiger partial charge in [-0.05, 0) is 12.5 Å². The third kappa shape index (κ3) is 2.61. The van der Waals surface area contributed by atoms with Gasteiger partial charge in [0.15, 0.2) is 0 Å². The molecule has 0 unspecified atom stereocenters. The van der Waals surface area contributed by atoms with E-state index in [2.05, 4.69) is 10.00 Å². The van der Waals surface area contributed by atoms with E-state index in [1.807, 2.05) is 16.9 Å². The molecule has 5 nitrogen and oxygen atoms in total. The molecular weight excluding hydrogens is 206 g/mol. The molecule has 0 amide bonds. The molecule has 1 aromatic rings. The number of ether oxygens (including phenoxy) is 1. The van der Waals surface area contributed by atoms with Crippen LogP contribution in [0.3, 0.4) is 0 Å². The maximum Gasteiger partial charge on any atom is 0.0714 e. The number of hydrogen-bond donors (Lipinski definition) is 1. The first kappa shape index (κ1) is 11.6. The lowest BCUT2D eigenvalue weighted by atomic mass is 10.2. The zero-order valence-electron chi connectivity index (χ0n) is 9.62. The van der Waals surface area contributed by atoms with Crippen molar-refractivity contribution < 1.29 is 9.84 Å². The summed E-state index contributed by atoms with van der Waals surface area (Å²) in [6.45, 7) is 2.88. The maximum absolute atomic E-state index is 9.29. The summed E-state index contributed by atoms with van der Waals surface area (Å²) in [5, 5.41) is 13.5. The van der Waals surface area contributed by atoms with Gasteiger partial charge in [0, 0.05) is 38.6 Å². The van der Waals surface area contributed by atoms with Crippen LogP contribution >= 0.6 is 0 Å². The van der Waals surface area contributed by atoms with E-state index in [1.165, 1.54) is 0 Å². The van der Waals surface area contributed by atoms with Crippen molar-refractivity contribution in [3.05, 3.63) is 18.5 Å². The first-order valence-electron chi connectivity index (χ1n) is 5.68. The van der Waals surface area contributed by atoms with Crippen molar-refractivity contribution in [2.75, 3.05) is 26.8 Å². The van der Waals surface area contributed by atoms with Gasteiger partial charge in [-0.1, -0.05) is 0 Å². The van der Waals surface area contributed by atoms with Gasteiger partial charge in [-0.15, -0.1) is 0 Å². The molecule has 1 aliphatic rings. The third-order valence-electron chi connectivity index (χ3n) is 3.21. The van der Waals surface area contributed by atoms with Gasteiger partial charge in [0.2, 0.25) is 0 Å². The Balaban J connectivity index is 1.84. The topological polar surface area (TPSA) is 50.5 Å². The predicted octanol–water partition coefficient (Wildman–Crippen LogP) is -0.0353. The van der Waals surface area contributed by atoms with Gasteiger partial charge in [0.25, 0.3) is 0 Å². The summed E-state index contributed by atoms with van der Waals surface area (Å²) in [5.41, 5.74) is 0. The van der Waals surface area contributed by atoms with E-state index in [9.17, 15) is 5.11 Å². The van der Waals surface area contributed by atoms with Gasteiger partial charge < -0.3 is 9.84 Å². The molecule has 0 spiro atoms. The highest BCUT2D eigenvalue weighted by Gasteiger charge is 2.31. The molecule has 0 radical (unpaired) electrons. The highest BCUT2D eigenvalue weighted by atomic mass is 16.5. The van der Waals surface area contributed by atoms with Crippen molar-refractivity contribution in [3.8, 4) is 0 Å². The second-order valence-electron chi connectivity index (χ2n) is 4.19. The average molecular weight is 225 g/mol. The van der Waals surface area contributed by atoms with Gasteiger partial charge in [-0.2, -0.15) is 5.10 Å². The summed E-state index contributed by atoms with van der Waals surface area (Å²) in [6.07, 6.45) is 4.92. The normalized spacial score (nSPS) is 26.4. The largest absolute Gasteiger partial charge is 0.395 e. The quantitative estimate of drug-likeness (QED) is 0.764. The van der Waals surface area contributed by atoms with Crippen molar-refractivity contribution in [1.82, 2.24) is 14.7 Å². The Hall–Kier alpha value is -0.910. The standard InChI is InChI=1S/C11H19N3O2/c1-16-11-7-10(9-15)13(8-11)5-6-14-4-2-3-12-14/h2-4,10-11,15H,5-9H2,1H3/t10-,11+/m0/s1. The number of nitrogens with zero attached hydrogens (tertiary/aromatic N) is 3. The van der Waals surface area contributed by atoms with Gasteiger partial charge in [-0.25, -0.2) is 0 Å². The molecule has 1 fully saturated rings. The van der Waals surface area contributed by atoms with Crippen molar-refractivity contribution >= 4 is 0 Å². The minimum absolute atomic E-state index is 0.207. The average Bonchev–Trinajstić information content (AvgIpc) is 2.95. The summed E-state index contributed by atoms with van der Waals surface area (Å²) in [4.78, 5) is 2.27. The number of methoxy groups -OCH3 is 1. The van der Waals surface area contributed by atoms with Gasteiger partial charge >= 0.3 is 0 Å². The summed E-state index contributed by atoms with van der Waals surface area (Å²) in [6, 6.07) is 2.16. The van der Waals surface area contributed by atoms with Crippen LogP contribution < -0.4 is 0 Å². The van der Waals surface area contributed by atoms with E-state index in [0.29, 0.717) is 0 Å². The van der Waals surface area contributed by atoms with Gasteiger partial charge in [0.05, 0.1) is 19.3 Å².